The van der Waals surface area contributed by atoms with Crippen LogP contribution in [0.25, 0.3) is 10.2 Å². The molecule has 152 valence electrons. The monoisotopic (exact) mass is 451 g/mol. The van der Waals surface area contributed by atoms with Crippen molar-refractivity contribution >= 4 is 54.2 Å². The molecule has 1 saturated heterocycles. The van der Waals surface area contributed by atoms with Crippen molar-refractivity contribution < 1.29 is 17.9 Å². The summed E-state index contributed by atoms with van der Waals surface area (Å²) in [6.45, 7) is 0.937. The van der Waals surface area contributed by atoms with Crippen LogP contribution in [0, 0.1) is 0 Å². The number of fused-ring (bicyclic) bond motifs is 1. The lowest BCUT2D eigenvalue weighted by Crippen LogP contribution is -2.28. The first kappa shape index (κ1) is 20.1. The lowest BCUT2D eigenvalue weighted by molar-refractivity contribution is 0.102. The zero-order chi connectivity index (χ0) is 20.6. The third kappa shape index (κ3) is 3.95. The summed E-state index contributed by atoms with van der Waals surface area (Å²) < 4.78 is 33.5. The Kier molecular flexibility index (Phi) is 5.48. The van der Waals surface area contributed by atoms with Gasteiger partial charge in [0.1, 0.15) is 10.6 Å². The largest absolute Gasteiger partial charge is 0.495 e. The zero-order valence-electron chi connectivity index (χ0n) is 15.5. The van der Waals surface area contributed by atoms with Gasteiger partial charge in [-0.1, -0.05) is 22.9 Å². The summed E-state index contributed by atoms with van der Waals surface area (Å²) in [5.74, 6) is -0.237. The second-order valence-corrected chi connectivity index (χ2v) is 9.94. The first-order valence-corrected chi connectivity index (χ1v) is 11.6. The van der Waals surface area contributed by atoms with E-state index >= 15 is 0 Å². The third-order valence-electron chi connectivity index (χ3n) is 4.68. The van der Waals surface area contributed by atoms with Gasteiger partial charge in [0.15, 0.2) is 5.13 Å². The molecule has 1 aliphatic rings. The Morgan fingerprint density at radius 1 is 1.21 bits per heavy atom. The fourth-order valence-corrected chi connectivity index (χ4v) is 6.04. The topological polar surface area (TPSA) is 88.6 Å². The number of methoxy groups -OCH3 is 1. The molecule has 0 saturated carbocycles. The standard InChI is InChI=1S/C19H18ClN3O4S2/c1-27-15-7-4-12(10-17(15)29(25,26)23-8-2-3-9-23)18(24)22-19-21-14-6-5-13(20)11-16(14)28-19/h4-7,10-11H,2-3,8-9H2,1H3,(H,21,22,24). The molecule has 7 nitrogen and oxygen atoms in total. The van der Waals surface area contributed by atoms with E-state index in [1.807, 2.05) is 0 Å². The van der Waals surface area contributed by atoms with Crippen LogP contribution in [-0.2, 0) is 10.0 Å². The summed E-state index contributed by atoms with van der Waals surface area (Å²) in [5, 5.41) is 3.73. The molecule has 2 heterocycles. The van der Waals surface area contributed by atoms with Crippen LogP contribution in [0.2, 0.25) is 5.02 Å². The second-order valence-electron chi connectivity index (χ2n) is 6.56. The Hall–Kier alpha value is -2.20. The fraction of sp³-hybridized carbons (Fsp3) is 0.263. The first-order valence-electron chi connectivity index (χ1n) is 8.94. The van der Waals surface area contributed by atoms with Crippen molar-refractivity contribution in [2.45, 2.75) is 17.7 Å². The van der Waals surface area contributed by atoms with Crippen LogP contribution in [0.15, 0.2) is 41.3 Å². The van der Waals surface area contributed by atoms with Crippen LogP contribution >= 0.6 is 22.9 Å². The van der Waals surface area contributed by atoms with Crippen LogP contribution in [-0.4, -0.2) is 43.8 Å². The van der Waals surface area contributed by atoms with E-state index in [9.17, 15) is 13.2 Å². The van der Waals surface area contributed by atoms with Crippen molar-refractivity contribution in [3.8, 4) is 5.75 Å². The van der Waals surface area contributed by atoms with E-state index in [-0.39, 0.29) is 16.2 Å². The number of thiazole rings is 1. The number of aromatic nitrogens is 1. The average molecular weight is 452 g/mol. The van der Waals surface area contributed by atoms with Crippen LogP contribution in [0.1, 0.15) is 23.2 Å². The molecule has 1 N–H and O–H groups in total. The number of rotatable bonds is 5. The minimum absolute atomic E-state index is 0.00867. The van der Waals surface area contributed by atoms with Gasteiger partial charge in [-0.25, -0.2) is 13.4 Å². The molecule has 0 radical (unpaired) electrons. The highest BCUT2D eigenvalue weighted by atomic mass is 35.5. The Balaban J connectivity index is 1.64. The summed E-state index contributed by atoms with van der Waals surface area (Å²) in [6, 6.07) is 9.66. The number of anilines is 1. The fourth-order valence-electron chi connectivity index (χ4n) is 3.21. The molecule has 3 aromatic rings. The van der Waals surface area contributed by atoms with Crippen LogP contribution in [0.3, 0.4) is 0 Å². The first-order chi connectivity index (χ1) is 13.9. The number of carbonyl (C=O) groups is 1. The number of nitrogens with one attached hydrogen (secondary N) is 1. The van der Waals surface area contributed by atoms with Gasteiger partial charge in [-0.3, -0.25) is 10.1 Å². The van der Waals surface area contributed by atoms with Crippen molar-refractivity contribution in [3.05, 3.63) is 47.0 Å². The Labute approximate surface area is 177 Å². The summed E-state index contributed by atoms with van der Waals surface area (Å²) in [6.07, 6.45) is 1.65. The maximum atomic E-state index is 13.0. The smallest absolute Gasteiger partial charge is 0.257 e. The van der Waals surface area contributed by atoms with Gasteiger partial charge in [0, 0.05) is 23.7 Å². The highest BCUT2D eigenvalue weighted by Crippen LogP contribution is 2.31. The molecule has 4 rings (SSSR count). The summed E-state index contributed by atoms with van der Waals surface area (Å²) in [5.41, 5.74) is 0.933. The van der Waals surface area contributed by atoms with Gasteiger partial charge in [0.2, 0.25) is 10.0 Å². The van der Waals surface area contributed by atoms with E-state index in [1.165, 1.54) is 41.0 Å². The number of sulfonamides is 1. The second kappa shape index (κ2) is 7.91. The number of nitrogens with zero attached hydrogens (tertiary/aromatic N) is 2. The van der Waals surface area contributed by atoms with Crippen molar-refractivity contribution in [2.75, 3.05) is 25.5 Å². The summed E-state index contributed by atoms with van der Waals surface area (Å²) in [4.78, 5) is 17.1. The van der Waals surface area contributed by atoms with Crippen molar-refractivity contribution in [1.29, 1.82) is 0 Å². The van der Waals surface area contributed by atoms with Gasteiger partial charge in [0.25, 0.3) is 5.91 Å². The molecule has 0 unspecified atom stereocenters. The molecule has 1 fully saturated rings. The SMILES string of the molecule is COc1ccc(C(=O)Nc2nc3ccc(Cl)cc3s2)cc1S(=O)(=O)N1CCCC1. The number of carbonyl (C=O) groups excluding carboxylic acids is 1. The molecule has 1 aromatic heterocycles. The van der Waals surface area contributed by atoms with Crippen molar-refractivity contribution in [2.24, 2.45) is 0 Å². The van der Waals surface area contributed by atoms with Crippen molar-refractivity contribution in [3.63, 3.8) is 0 Å². The molecule has 0 bridgehead atoms. The molecule has 1 amide bonds. The molecule has 0 aliphatic carbocycles. The number of hydrogen-bond donors (Lipinski definition) is 1. The van der Waals surface area contributed by atoms with Crippen molar-refractivity contribution in [1.82, 2.24) is 9.29 Å². The van der Waals surface area contributed by atoms with E-state index in [0.717, 1.165) is 23.1 Å². The zero-order valence-corrected chi connectivity index (χ0v) is 17.9. The molecule has 0 spiro atoms. The quantitative estimate of drug-likeness (QED) is 0.633. The number of benzene rings is 2. The van der Waals surface area contributed by atoms with Crippen LogP contribution < -0.4 is 10.1 Å². The van der Waals surface area contributed by atoms with Gasteiger partial charge in [-0.05, 0) is 49.2 Å². The van der Waals surface area contributed by atoms with Gasteiger partial charge >= 0.3 is 0 Å². The maximum Gasteiger partial charge on any atom is 0.257 e. The summed E-state index contributed by atoms with van der Waals surface area (Å²) >= 11 is 7.28. The molecule has 1 aliphatic heterocycles. The number of amides is 1. The predicted octanol–water partition coefficient (Wildman–Crippen LogP) is 4.00. The van der Waals surface area contributed by atoms with Crippen LogP contribution in [0.4, 0.5) is 5.13 Å². The van der Waals surface area contributed by atoms with E-state index in [0.29, 0.717) is 23.2 Å². The average Bonchev–Trinajstić information content (AvgIpc) is 3.37. The van der Waals surface area contributed by atoms with Gasteiger partial charge in [0.05, 0.1) is 17.3 Å². The molecular weight excluding hydrogens is 434 g/mol. The number of ether oxygens (including phenoxy) is 1. The normalized spacial score (nSPS) is 15.0. The van der Waals surface area contributed by atoms with E-state index < -0.39 is 15.9 Å². The lowest BCUT2D eigenvalue weighted by atomic mass is 10.2. The minimum Gasteiger partial charge on any atom is -0.495 e. The number of hydrogen-bond acceptors (Lipinski definition) is 6. The van der Waals surface area contributed by atoms with Crippen LogP contribution in [0.5, 0.6) is 5.75 Å². The molecule has 10 heteroatoms. The minimum atomic E-state index is -3.73. The molecule has 2 aromatic carbocycles. The summed E-state index contributed by atoms with van der Waals surface area (Å²) in [7, 11) is -2.33. The number of halogens is 1. The Morgan fingerprint density at radius 3 is 2.69 bits per heavy atom. The van der Waals surface area contributed by atoms with Gasteiger partial charge in [-0.2, -0.15) is 4.31 Å². The highest BCUT2D eigenvalue weighted by molar-refractivity contribution is 7.89. The molecular formula is C19H18ClN3O4S2. The van der Waals surface area contributed by atoms with Gasteiger partial charge in [-0.15, -0.1) is 0 Å². The molecule has 29 heavy (non-hydrogen) atoms. The molecule has 0 atom stereocenters. The van der Waals surface area contributed by atoms with E-state index in [4.69, 9.17) is 16.3 Å². The van der Waals surface area contributed by atoms with E-state index in [1.54, 1.807) is 18.2 Å². The van der Waals surface area contributed by atoms with E-state index in [2.05, 4.69) is 10.3 Å². The Bertz CT molecular complexity index is 1190. The third-order valence-corrected chi connectivity index (χ3v) is 7.77. The maximum absolute atomic E-state index is 13.0. The Morgan fingerprint density at radius 2 is 1.97 bits per heavy atom. The predicted molar refractivity (Wildman–Crippen MR) is 114 cm³/mol. The lowest BCUT2D eigenvalue weighted by Gasteiger charge is -2.18. The van der Waals surface area contributed by atoms with Gasteiger partial charge < -0.3 is 4.74 Å². The highest BCUT2D eigenvalue weighted by Gasteiger charge is 2.30.